The van der Waals surface area contributed by atoms with E-state index in [4.69, 9.17) is 4.74 Å². The summed E-state index contributed by atoms with van der Waals surface area (Å²) >= 11 is 4.62. The SMILES string of the molecule is COC(=O)C1=C(C)N=c2s/c(=C/c3cccc(Br)c3)c(=O)n2C1c1ccccc1F. The van der Waals surface area contributed by atoms with E-state index >= 15 is 0 Å². The van der Waals surface area contributed by atoms with Gasteiger partial charge in [-0.1, -0.05) is 57.6 Å². The van der Waals surface area contributed by atoms with Crippen LogP contribution in [-0.2, 0) is 9.53 Å². The van der Waals surface area contributed by atoms with E-state index in [9.17, 15) is 14.0 Å². The molecule has 8 heteroatoms. The van der Waals surface area contributed by atoms with Crippen LogP contribution >= 0.6 is 27.3 Å². The molecule has 0 spiro atoms. The normalized spacial score (nSPS) is 16.3. The number of nitrogens with zero attached hydrogens (tertiary/aromatic N) is 2. The summed E-state index contributed by atoms with van der Waals surface area (Å²) in [5.74, 6) is -1.16. The van der Waals surface area contributed by atoms with Gasteiger partial charge in [-0.05, 0) is 36.8 Å². The smallest absolute Gasteiger partial charge is 0.338 e. The van der Waals surface area contributed by atoms with Gasteiger partial charge in [-0.3, -0.25) is 9.36 Å². The van der Waals surface area contributed by atoms with Crippen molar-refractivity contribution in [3.05, 3.63) is 101 Å². The highest BCUT2D eigenvalue weighted by molar-refractivity contribution is 9.10. The fourth-order valence-corrected chi connectivity index (χ4v) is 4.90. The van der Waals surface area contributed by atoms with Crippen molar-refractivity contribution < 1.29 is 13.9 Å². The molecule has 1 aromatic heterocycles. The number of carbonyl (C=O) groups excluding carboxylic acids is 1. The number of carbonyl (C=O) groups is 1. The van der Waals surface area contributed by atoms with Gasteiger partial charge in [0.25, 0.3) is 5.56 Å². The topological polar surface area (TPSA) is 60.7 Å². The molecule has 0 amide bonds. The quantitative estimate of drug-likeness (QED) is 0.533. The number of allylic oxidation sites excluding steroid dienone is 1. The first-order chi connectivity index (χ1) is 14.4. The molecule has 0 saturated carbocycles. The molecule has 5 nitrogen and oxygen atoms in total. The molecule has 1 aliphatic heterocycles. The van der Waals surface area contributed by atoms with Gasteiger partial charge in [0, 0.05) is 10.0 Å². The molecule has 2 heterocycles. The Hall–Kier alpha value is -2.84. The Morgan fingerprint density at radius 1 is 1.27 bits per heavy atom. The summed E-state index contributed by atoms with van der Waals surface area (Å²) in [6.07, 6.45) is 1.75. The maximum Gasteiger partial charge on any atom is 0.338 e. The van der Waals surface area contributed by atoms with E-state index in [2.05, 4.69) is 20.9 Å². The van der Waals surface area contributed by atoms with Gasteiger partial charge in [-0.25, -0.2) is 14.2 Å². The summed E-state index contributed by atoms with van der Waals surface area (Å²) in [4.78, 5) is 30.7. The van der Waals surface area contributed by atoms with Crippen molar-refractivity contribution in [2.24, 2.45) is 4.99 Å². The van der Waals surface area contributed by atoms with Gasteiger partial charge in [-0.15, -0.1) is 0 Å². The van der Waals surface area contributed by atoms with Crippen LogP contribution in [0.3, 0.4) is 0 Å². The van der Waals surface area contributed by atoms with Crippen molar-refractivity contribution in [3.63, 3.8) is 0 Å². The van der Waals surface area contributed by atoms with Crippen LogP contribution in [0.1, 0.15) is 24.1 Å². The second-order valence-electron chi connectivity index (χ2n) is 6.65. The van der Waals surface area contributed by atoms with E-state index in [0.717, 1.165) is 10.0 Å². The van der Waals surface area contributed by atoms with Gasteiger partial charge in [-0.2, -0.15) is 0 Å². The van der Waals surface area contributed by atoms with E-state index in [1.54, 1.807) is 31.2 Å². The Labute approximate surface area is 183 Å². The lowest BCUT2D eigenvalue weighted by Gasteiger charge is -2.24. The number of esters is 1. The van der Waals surface area contributed by atoms with Crippen LogP contribution in [0.2, 0.25) is 0 Å². The summed E-state index contributed by atoms with van der Waals surface area (Å²) in [5.41, 5.74) is 1.23. The zero-order valence-electron chi connectivity index (χ0n) is 16.1. The number of hydrogen-bond donors (Lipinski definition) is 0. The number of benzene rings is 2. The van der Waals surface area contributed by atoms with E-state index in [0.29, 0.717) is 15.0 Å². The fraction of sp³-hybridized carbons (Fsp3) is 0.136. The van der Waals surface area contributed by atoms with Crippen LogP contribution in [-0.4, -0.2) is 17.6 Å². The Kier molecular flexibility index (Phi) is 5.53. The molecule has 30 heavy (non-hydrogen) atoms. The van der Waals surface area contributed by atoms with Crippen molar-refractivity contribution in [1.82, 2.24) is 4.57 Å². The molecule has 1 atom stereocenters. The van der Waals surface area contributed by atoms with Gasteiger partial charge in [0.05, 0.1) is 22.9 Å². The number of aromatic nitrogens is 1. The summed E-state index contributed by atoms with van der Waals surface area (Å²) in [7, 11) is 1.25. The third kappa shape index (κ3) is 3.57. The molecular weight excluding hydrogens is 471 g/mol. The van der Waals surface area contributed by atoms with Crippen LogP contribution in [0.5, 0.6) is 0 Å². The van der Waals surface area contributed by atoms with Crippen molar-refractivity contribution in [1.29, 1.82) is 0 Å². The molecule has 3 aromatic rings. The Bertz CT molecular complexity index is 1370. The molecule has 152 valence electrons. The zero-order chi connectivity index (χ0) is 21.4. The minimum absolute atomic E-state index is 0.143. The summed E-state index contributed by atoms with van der Waals surface area (Å²) in [6, 6.07) is 12.7. The lowest BCUT2D eigenvalue weighted by atomic mass is 9.95. The van der Waals surface area contributed by atoms with Gasteiger partial charge in [0.2, 0.25) is 0 Å². The van der Waals surface area contributed by atoms with Crippen LogP contribution in [0.15, 0.2) is 74.1 Å². The highest BCUT2D eigenvalue weighted by Gasteiger charge is 2.34. The van der Waals surface area contributed by atoms with Gasteiger partial charge >= 0.3 is 5.97 Å². The highest BCUT2D eigenvalue weighted by Crippen LogP contribution is 2.31. The summed E-state index contributed by atoms with van der Waals surface area (Å²) < 4.78 is 22.3. The number of halogens is 2. The molecule has 0 radical (unpaired) electrons. The number of ether oxygens (including phenoxy) is 1. The first-order valence-electron chi connectivity index (χ1n) is 9.01. The maximum absolute atomic E-state index is 14.7. The second-order valence-corrected chi connectivity index (χ2v) is 8.57. The third-order valence-electron chi connectivity index (χ3n) is 4.77. The molecule has 0 saturated heterocycles. The second kappa shape index (κ2) is 8.12. The number of hydrogen-bond acceptors (Lipinski definition) is 5. The van der Waals surface area contributed by atoms with Crippen molar-refractivity contribution in [2.45, 2.75) is 13.0 Å². The fourth-order valence-electron chi connectivity index (χ4n) is 3.43. The summed E-state index contributed by atoms with van der Waals surface area (Å²) in [6.45, 7) is 1.66. The van der Waals surface area contributed by atoms with Crippen molar-refractivity contribution in [2.75, 3.05) is 7.11 Å². The van der Waals surface area contributed by atoms with Crippen molar-refractivity contribution in [3.8, 4) is 0 Å². The van der Waals surface area contributed by atoms with Gasteiger partial charge in [0.1, 0.15) is 11.9 Å². The molecule has 1 aliphatic rings. The molecule has 2 aromatic carbocycles. The Balaban J connectivity index is 2.01. The average molecular weight is 487 g/mol. The number of methoxy groups -OCH3 is 1. The van der Waals surface area contributed by atoms with E-state index in [1.807, 2.05) is 24.3 Å². The van der Waals surface area contributed by atoms with Crippen LogP contribution in [0, 0.1) is 5.82 Å². The minimum atomic E-state index is -0.959. The van der Waals surface area contributed by atoms with Crippen molar-refractivity contribution >= 4 is 39.3 Å². The predicted molar refractivity (Wildman–Crippen MR) is 116 cm³/mol. The van der Waals surface area contributed by atoms with E-state index in [1.165, 1.54) is 29.1 Å². The van der Waals surface area contributed by atoms with Crippen LogP contribution in [0.4, 0.5) is 4.39 Å². The molecule has 0 bridgehead atoms. The van der Waals surface area contributed by atoms with Gasteiger partial charge in [0.15, 0.2) is 4.80 Å². The molecule has 0 N–H and O–H groups in total. The van der Waals surface area contributed by atoms with E-state index < -0.39 is 17.8 Å². The largest absolute Gasteiger partial charge is 0.466 e. The van der Waals surface area contributed by atoms with Crippen LogP contribution < -0.4 is 14.9 Å². The lowest BCUT2D eigenvalue weighted by Crippen LogP contribution is -2.40. The van der Waals surface area contributed by atoms with E-state index in [-0.39, 0.29) is 16.7 Å². The predicted octanol–water partition coefficient (Wildman–Crippen LogP) is 3.31. The van der Waals surface area contributed by atoms with Gasteiger partial charge < -0.3 is 4.74 Å². The molecule has 0 aliphatic carbocycles. The molecule has 1 unspecified atom stereocenters. The highest BCUT2D eigenvalue weighted by atomic mass is 79.9. The first kappa shape index (κ1) is 20.4. The lowest BCUT2D eigenvalue weighted by molar-refractivity contribution is -0.136. The Morgan fingerprint density at radius 3 is 2.73 bits per heavy atom. The minimum Gasteiger partial charge on any atom is -0.466 e. The number of rotatable bonds is 3. The number of thiazole rings is 1. The summed E-state index contributed by atoms with van der Waals surface area (Å²) in [5, 5.41) is 0. The van der Waals surface area contributed by atoms with Crippen LogP contribution in [0.25, 0.3) is 6.08 Å². The zero-order valence-corrected chi connectivity index (χ0v) is 18.5. The number of fused-ring (bicyclic) bond motifs is 1. The molecule has 0 fully saturated rings. The monoisotopic (exact) mass is 486 g/mol. The maximum atomic E-state index is 14.7. The third-order valence-corrected chi connectivity index (χ3v) is 6.25. The molecular formula is C22H16BrFN2O3S. The first-order valence-corrected chi connectivity index (χ1v) is 10.6. The average Bonchev–Trinajstić information content (AvgIpc) is 3.02. The Morgan fingerprint density at radius 2 is 2.03 bits per heavy atom. The standard InChI is InChI=1S/C22H16BrFN2O3S/c1-12-18(21(28)29-2)19(15-8-3-4-9-16(15)24)26-20(27)17(30-22(26)25-12)11-13-6-5-7-14(23)10-13/h3-11,19H,1-2H3/b17-11+. The molecule has 4 rings (SSSR count).